The van der Waals surface area contributed by atoms with E-state index in [2.05, 4.69) is 30.6 Å². The third-order valence-electron chi connectivity index (χ3n) is 5.76. The van der Waals surface area contributed by atoms with Crippen LogP contribution in [-0.4, -0.2) is 79.1 Å². The topological polar surface area (TPSA) is 85.9 Å². The molecule has 0 aromatic heterocycles. The zero-order valence-corrected chi connectivity index (χ0v) is 19.9. The zero-order chi connectivity index (χ0) is 21.9. The molecule has 0 aliphatic carbocycles. The summed E-state index contributed by atoms with van der Waals surface area (Å²) in [7, 11) is 0. The predicted molar refractivity (Wildman–Crippen MR) is 124 cm³/mol. The van der Waals surface area contributed by atoms with E-state index in [9.17, 15) is 4.79 Å². The van der Waals surface area contributed by atoms with Crippen molar-refractivity contribution in [2.75, 3.05) is 50.7 Å². The molecule has 3 rings (SSSR count). The minimum absolute atomic E-state index is 0.0880. The number of carbonyl (C=O) groups excluding carboxylic acids is 1. The number of hydrogen-bond donors (Lipinski definition) is 2. The summed E-state index contributed by atoms with van der Waals surface area (Å²) in [5.41, 5.74) is 7.07. The van der Waals surface area contributed by atoms with E-state index in [4.69, 9.17) is 15.9 Å². The van der Waals surface area contributed by atoms with E-state index in [0.29, 0.717) is 12.6 Å². The van der Waals surface area contributed by atoms with Gasteiger partial charge in [0.15, 0.2) is 0 Å². The fourth-order valence-corrected chi connectivity index (χ4v) is 4.89. The number of nitrogen functional groups attached to an aromatic ring is 1. The van der Waals surface area contributed by atoms with Crippen molar-refractivity contribution < 1.29 is 9.53 Å². The molecule has 0 spiro atoms. The summed E-state index contributed by atoms with van der Waals surface area (Å²) >= 11 is 3.64. The Balaban J connectivity index is 1.45. The molecule has 0 amide bonds. The first kappa shape index (κ1) is 23.0. The summed E-state index contributed by atoms with van der Waals surface area (Å²) in [4.78, 5) is 19.3. The largest absolute Gasteiger partial charge is 0.459 e. The van der Waals surface area contributed by atoms with Gasteiger partial charge in [0.1, 0.15) is 11.4 Å². The van der Waals surface area contributed by atoms with Gasteiger partial charge in [-0.2, -0.15) is 0 Å². The molecule has 2 aliphatic rings. The van der Waals surface area contributed by atoms with Crippen LogP contribution >= 0.6 is 15.9 Å². The number of nitrogens with one attached hydrogen (secondary N) is 1. The van der Waals surface area contributed by atoms with Crippen molar-refractivity contribution in [2.24, 2.45) is 5.73 Å². The smallest absolute Gasteiger partial charge is 0.320 e. The molecule has 2 aliphatic heterocycles. The Morgan fingerprint density at radius 1 is 1.17 bits per heavy atom. The number of carbonyl (C=O) groups is 1. The maximum absolute atomic E-state index is 12.1. The van der Waals surface area contributed by atoms with Crippen LogP contribution in [0, 0.1) is 5.41 Å². The summed E-state index contributed by atoms with van der Waals surface area (Å²) in [6, 6.07) is 6.47. The number of nitrogens with two attached hydrogens (primary N) is 1. The third kappa shape index (κ3) is 6.18. The Morgan fingerprint density at radius 2 is 1.80 bits per heavy atom. The summed E-state index contributed by atoms with van der Waals surface area (Å²) in [6.07, 6.45) is 2.19. The first-order valence-electron chi connectivity index (χ1n) is 10.7. The lowest BCUT2D eigenvalue weighted by Gasteiger charge is -2.43. The normalized spacial score (nSPS) is 19.7. The molecule has 166 valence electrons. The van der Waals surface area contributed by atoms with E-state index < -0.39 is 5.60 Å². The number of hydrogen-bond acceptors (Lipinski definition) is 6. The standard InChI is InChI=1S/C22H34BrN5O2/c1-22(2,3)30-20(29)15-26-8-6-17(7-9-26)27-10-12-28(13-11-27)19-5-4-16(21(24)25)14-18(19)23/h4-5,14,17H,6-13,15H2,1-3H3,(H3,24,25). The number of piperazine rings is 1. The maximum Gasteiger partial charge on any atom is 0.320 e. The Morgan fingerprint density at radius 3 is 2.33 bits per heavy atom. The molecular weight excluding hydrogens is 446 g/mol. The van der Waals surface area contributed by atoms with E-state index >= 15 is 0 Å². The monoisotopic (exact) mass is 479 g/mol. The number of amidine groups is 1. The fourth-order valence-electron chi connectivity index (χ4n) is 4.26. The average molecular weight is 480 g/mol. The van der Waals surface area contributed by atoms with Gasteiger partial charge in [-0.05, 0) is 67.7 Å². The lowest BCUT2D eigenvalue weighted by atomic mass is 10.0. The first-order valence-corrected chi connectivity index (χ1v) is 11.5. The van der Waals surface area contributed by atoms with Crippen molar-refractivity contribution in [3.05, 3.63) is 28.2 Å². The highest BCUT2D eigenvalue weighted by Gasteiger charge is 2.29. The van der Waals surface area contributed by atoms with Crippen LogP contribution in [0.2, 0.25) is 0 Å². The van der Waals surface area contributed by atoms with Crippen molar-refractivity contribution >= 4 is 33.4 Å². The Labute approximate surface area is 188 Å². The number of halogens is 1. The van der Waals surface area contributed by atoms with Gasteiger partial charge in [0, 0.05) is 55.3 Å². The SMILES string of the molecule is CC(C)(C)OC(=O)CN1CCC(N2CCN(c3ccc(C(=N)N)cc3Br)CC2)CC1. The predicted octanol–water partition coefficient (Wildman–Crippen LogP) is 2.66. The van der Waals surface area contributed by atoms with Crippen molar-refractivity contribution in [1.82, 2.24) is 9.80 Å². The van der Waals surface area contributed by atoms with Gasteiger partial charge >= 0.3 is 5.97 Å². The van der Waals surface area contributed by atoms with Crippen LogP contribution in [0.4, 0.5) is 5.69 Å². The quantitative estimate of drug-likeness (QED) is 0.383. The number of piperidine rings is 1. The molecule has 2 fully saturated rings. The second kappa shape index (κ2) is 9.66. The summed E-state index contributed by atoms with van der Waals surface area (Å²) in [6.45, 7) is 12.1. The van der Waals surface area contributed by atoms with Gasteiger partial charge in [-0.25, -0.2) is 0 Å². The van der Waals surface area contributed by atoms with Crippen LogP contribution < -0.4 is 10.6 Å². The van der Waals surface area contributed by atoms with Crippen LogP contribution in [0.5, 0.6) is 0 Å². The molecule has 7 nitrogen and oxygen atoms in total. The zero-order valence-electron chi connectivity index (χ0n) is 18.3. The molecule has 30 heavy (non-hydrogen) atoms. The van der Waals surface area contributed by atoms with E-state index in [1.807, 2.05) is 39.0 Å². The van der Waals surface area contributed by atoms with Gasteiger partial charge in [0.2, 0.25) is 0 Å². The molecular formula is C22H34BrN5O2. The minimum atomic E-state index is -0.420. The van der Waals surface area contributed by atoms with Gasteiger partial charge < -0.3 is 15.4 Å². The molecule has 0 atom stereocenters. The highest BCUT2D eigenvalue weighted by atomic mass is 79.9. The van der Waals surface area contributed by atoms with Crippen LogP contribution in [0.3, 0.4) is 0 Å². The molecule has 1 aromatic rings. The number of esters is 1. The number of anilines is 1. The van der Waals surface area contributed by atoms with Crippen LogP contribution in [0.15, 0.2) is 22.7 Å². The van der Waals surface area contributed by atoms with E-state index in [1.165, 1.54) is 0 Å². The van der Waals surface area contributed by atoms with Crippen LogP contribution in [-0.2, 0) is 9.53 Å². The van der Waals surface area contributed by atoms with Crippen molar-refractivity contribution in [3.8, 4) is 0 Å². The van der Waals surface area contributed by atoms with Crippen LogP contribution in [0.1, 0.15) is 39.2 Å². The number of rotatable bonds is 5. The van der Waals surface area contributed by atoms with Gasteiger partial charge in [-0.3, -0.25) is 20.0 Å². The molecule has 2 heterocycles. The van der Waals surface area contributed by atoms with Gasteiger partial charge in [0.25, 0.3) is 0 Å². The maximum atomic E-state index is 12.1. The second-order valence-corrected chi connectivity index (χ2v) is 10.1. The first-order chi connectivity index (χ1) is 14.1. The molecule has 3 N–H and O–H groups in total. The highest BCUT2D eigenvalue weighted by Crippen LogP contribution is 2.29. The molecule has 0 saturated carbocycles. The van der Waals surface area contributed by atoms with Crippen molar-refractivity contribution in [2.45, 2.75) is 45.3 Å². The van der Waals surface area contributed by atoms with Gasteiger partial charge in [-0.15, -0.1) is 0 Å². The van der Waals surface area contributed by atoms with E-state index in [-0.39, 0.29) is 11.8 Å². The number of benzene rings is 1. The van der Waals surface area contributed by atoms with Crippen molar-refractivity contribution in [3.63, 3.8) is 0 Å². The summed E-state index contributed by atoms with van der Waals surface area (Å²) in [5.74, 6) is -0.0407. The lowest BCUT2D eigenvalue weighted by molar-refractivity contribution is -0.156. The van der Waals surface area contributed by atoms with Crippen molar-refractivity contribution in [1.29, 1.82) is 5.41 Å². The Kier molecular flexibility index (Phi) is 7.42. The molecule has 0 radical (unpaired) electrons. The summed E-state index contributed by atoms with van der Waals surface area (Å²) < 4.78 is 6.43. The number of nitrogens with zero attached hydrogens (tertiary/aromatic N) is 3. The average Bonchev–Trinajstić information content (AvgIpc) is 2.67. The van der Waals surface area contributed by atoms with E-state index in [0.717, 1.165) is 67.8 Å². The molecule has 0 unspecified atom stereocenters. The van der Waals surface area contributed by atoms with E-state index in [1.54, 1.807) is 0 Å². The Hall–Kier alpha value is -1.64. The van der Waals surface area contributed by atoms with Gasteiger partial charge in [0.05, 0.1) is 12.2 Å². The molecule has 8 heteroatoms. The molecule has 1 aromatic carbocycles. The highest BCUT2D eigenvalue weighted by molar-refractivity contribution is 9.10. The lowest BCUT2D eigenvalue weighted by Crippen LogP contribution is -2.53. The Bertz CT molecular complexity index is 763. The third-order valence-corrected chi connectivity index (χ3v) is 6.40. The minimum Gasteiger partial charge on any atom is -0.459 e. The number of ether oxygens (including phenoxy) is 1. The number of likely N-dealkylation sites (tertiary alicyclic amines) is 1. The van der Waals surface area contributed by atoms with Crippen LogP contribution in [0.25, 0.3) is 0 Å². The fraction of sp³-hybridized carbons (Fsp3) is 0.636. The molecule has 2 saturated heterocycles. The second-order valence-electron chi connectivity index (χ2n) is 9.20. The molecule has 0 bridgehead atoms. The van der Waals surface area contributed by atoms with Gasteiger partial charge in [-0.1, -0.05) is 0 Å². The summed E-state index contributed by atoms with van der Waals surface area (Å²) in [5, 5.41) is 7.58.